The molecule has 1 aliphatic carbocycles. The van der Waals surface area contributed by atoms with E-state index in [0.29, 0.717) is 6.04 Å². The zero-order valence-electron chi connectivity index (χ0n) is 11.5. The lowest BCUT2D eigenvalue weighted by Gasteiger charge is -2.27. The molecule has 0 bridgehead atoms. The maximum absolute atomic E-state index is 11.9. The highest BCUT2D eigenvalue weighted by molar-refractivity contribution is 5.70. The number of rotatable bonds is 4. The van der Waals surface area contributed by atoms with Crippen molar-refractivity contribution in [2.24, 2.45) is 0 Å². The van der Waals surface area contributed by atoms with Crippen LogP contribution < -0.4 is 5.32 Å². The number of nitrogens with zero attached hydrogens (tertiary/aromatic N) is 1. The van der Waals surface area contributed by atoms with Gasteiger partial charge in [0.15, 0.2) is 0 Å². The summed E-state index contributed by atoms with van der Waals surface area (Å²) in [6.07, 6.45) is 8.78. The zero-order chi connectivity index (χ0) is 12.8. The maximum atomic E-state index is 11.9. The van der Waals surface area contributed by atoms with E-state index in [1.54, 1.807) is 0 Å². The summed E-state index contributed by atoms with van der Waals surface area (Å²) < 4.78 is 5.43. The first-order valence-corrected chi connectivity index (χ1v) is 7.49. The van der Waals surface area contributed by atoms with Crippen LogP contribution in [0.3, 0.4) is 0 Å². The van der Waals surface area contributed by atoms with Crippen molar-refractivity contribution in [3.63, 3.8) is 0 Å². The summed E-state index contributed by atoms with van der Waals surface area (Å²) in [4.78, 5) is 13.9. The lowest BCUT2D eigenvalue weighted by molar-refractivity contribution is 0.124. The average Bonchev–Trinajstić information content (AvgIpc) is 2.68. The molecular weight excluding hydrogens is 228 g/mol. The van der Waals surface area contributed by atoms with Gasteiger partial charge in [0.1, 0.15) is 6.10 Å². The largest absolute Gasteiger partial charge is 0.443 e. The Morgan fingerprint density at radius 2 is 1.89 bits per heavy atom. The first-order chi connectivity index (χ1) is 8.81. The van der Waals surface area contributed by atoms with Crippen LogP contribution in [0.15, 0.2) is 0 Å². The van der Waals surface area contributed by atoms with Crippen LogP contribution in [0.1, 0.15) is 51.9 Å². The van der Waals surface area contributed by atoms with E-state index >= 15 is 0 Å². The number of hydrogen-bond donors (Lipinski definition) is 1. The van der Waals surface area contributed by atoms with Crippen molar-refractivity contribution in [3.05, 3.63) is 0 Å². The topological polar surface area (TPSA) is 41.6 Å². The fourth-order valence-corrected chi connectivity index (χ4v) is 3.00. The minimum Gasteiger partial charge on any atom is -0.443 e. The summed E-state index contributed by atoms with van der Waals surface area (Å²) in [5, 5.41) is 3.25. The minimum atomic E-state index is -0.0940. The van der Waals surface area contributed by atoms with Crippen molar-refractivity contribution in [2.45, 2.75) is 64.0 Å². The Morgan fingerprint density at radius 1 is 1.22 bits per heavy atom. The van der Waals surface area contributed by atoms with Gasteiger partial charge in [0.2, 0.25) is 0 Å². The molecule has 1 N–H and O–H groups in total. The van der Waals surface area contributed by atoms with Gasteiger partial charge in [-0.2, -0.15) is 0 Å². The average molecular weight is 254 g/mol. The number of ether oxygens (including phenoxy) is 1. The maximum Gasteiger partial charge on any atom is 0.410 e. The molecule has 2 aliphatic rings. The van der Waals surface area contributed by atoms with Crippen LogP contribution in [0.4, 0.5) is 4.79 Å². The fraction of sp³-hybridized carbons (Fsp3) is 0.929. The molecule has 1 saturated carbocycles. The summed E-state index contributed by atoms with van der Waals surface area (Å²) in [7, 11) is 0. The van der Waals surface area contributed by atoms with Crippen LogP contribution in [0.5, 0.6) is 0 Å². The highest BCUT2D eigenvalue weighted by atomic mass is 16.6. The van der Waals surface area contributed by atoms with Crippen LogP contribution in [-0.4, -0.2) is 42.8 Å². The third kappa shape index (κ3) is 3.61. The lowest BCUT2D eigenvalue weighted by atomic mass is 9.96. The van der Waals surface area contributed by atoms with E-state index in [9.17, 15) is 4.79 Å². The van der Waals surface area contributed by atoms with Crippen LogP contribution in [0.2, 0.25) is 0 Å². The minimum absolute atomic E-state index is 0.0443. The zero-order valence-corrected chi connectivity index (χ0v) is 11.5. The van der Waals surface area contributed by atoms with Gasteiger partial charge < -0.3 is 15.0 Å². The van der Waals surface area contributed by atoms with E-state index in [0.717, 1.165) is 32.5 Å². The number of amides is 1. The van der Waals surface area contributed by atoms with Gasteiger partial charge in [-0.3, -0.25) is 0 Å². The number of likely N-dealkylation sites (N-methyl/N-ethyl adjacent to an activating group) is 1. The monoisotopic (exact) mass is 254 g/mol. The molecule has 0 radical (unpaired) electrons. The van der Waals surface area contributed by atoms with E-state index < -0.39 is 0 Å². The third-order valence-corrected chi connectivity index (χ3v) is 4.04. The molecule has 1 saturated heterocycles. The summed E-state index contributed by atoms with van der Waals surface area (Å²) in [5.41, 5.74) is 0. The Hall–Kier alpha value is -0.770. The second-order valence-electron chi connectivity index (χ2n) is 5.46. The van der Waals surface area contributed by atoms with Crippen molar-refractivity contribution in [3.8, 4) is 0 Å². The summed E-state index contributed by atoms with van der Waals surface area (Å²) in [6, 6.07) is 0.421. The van der Waals surface area contributed by atoms with Crippen LogP contribution >= 0.6 is 0 Å². The van der Waals surface area contributed by atoms with Crippen molar-refractivity contribution < 1.29 is 9.53 Å². The predicted molar refractivity (Wildman–Crippen MR) is 71.6 cm³/mol. The van der Waals surface area contributed by atoms with Crippen LogP contribution in [0.25, 0.3) is 0 Å². The SMILES string of the molecule is CCNC[C@@H]1CN(C2CCCCCCC2)C(=O)O1. The standard InChI is InChI=1S/C14H26N2O2/c1-2-15-10-13-11-16(14(17)18-13)12-8-6-4-3-5-7-9-12/h12-13,15H,2-11H2,1H3/t13-/m1/s1. The molecule has 4 nitrogen and oxygen atoms in total. The fourth-order valence-electron chi connectivity index (χ4n) is 3.00. The molecular formula is C14H26N2O2. The quantitative estimate of drug-likeness (QED) is 0.838. The van der Waals surface area contributed by atoms with Crippen molar-refractivity contribution in [1.82, 2.24) is 10.2 Å². The number of hydrogen-bond acceptors (Lipinski definition) is 3. The molecule has 0 spiro atoms. The summed E-state index contributed by atoms with van der Waals surface area (Å²) >= 11 is 0. The van der Waals surface area contributed by atoms with E-state index in [2.05, 4.69) is 12.2 Å². The van der Waals surface area contributed by atoms with Crippen LogP contribution in [0, 0.1) is 0 Å². The second kappa shape index (κ2) is 6.98. The highest BCUT2D eigenvalue weighted by Crippen LogP contribution is 2.25. The number of carbonyl (C=O) groups is 1. The van der Waals surface area contributed by atoms with Gasteiger partial charge in [-0.15, -0.1) is 0 Å². The molecule has 1 atom stereocenters. The molecule has 0 unspecified atom stereocenters. The van der Waals surface area contributed by atoms with Gasteiger partial charge in [0, 0.05) is 12.6 Å². The van der Waals surface area contributed by atoms with E-state index in [1.807, 2.05) is 4.90 Å². The molecule has 0 aromatic rings. The van der Waals surface area contributed by atoms with Gasteiger partial charge in [-0.25, -0.2) is 4.79 Å². The van der Waals surface area contributed by atoms with Crippen molar-refractivity contribution >= 4 is 6.09 Å². The highest BCUT2D eigenvalue weighted by Gasteiger charge is 2.35. The normalized spacial score (nSPS) is 26.8. The van der Waals surface area contributed by atoms with Crippen molar-refractivity contribution in [1.29, 1.82) is 0 Å². The molecule has 4 heteroatoms. The smallest absolute Gasteiger partial charge is 0.410 e. The lowest BCUT2D eigenvalue weighted by Crippen LogP contribution is -2.38. The molecule has 0 aromatic carbocycles. The summed E-state index contributed by atoms with van der Waals surface area (Å²) in [5.74, 6) is 0. The first kappa shape index (κ1) is 13.7. The Balaban J connectivity index is 1.85. The molecule has 1 aliphatic heterocycles. The summed E-state index contributed by atoms with van der Waals surface area (Å²) in [6.45, 7) is 4.56. The molecule has 104 valence electrons. The van der Waals surface area contributed by atoms with Gasteiger partial charge in [-0.05, 0) is 19.4 Å². The van der Waals surface area contributed by atoms with Crippen LogP contribution in [-0.2, 0) is 4.74 Å². The molecule has 0 aromatic heterocycles. The van der Waals surface area contributed by atoms with E-state index in [4.69, 9.17) is 4.74 Å². The number of carbonyl (C=O) groups excluding carboxylic acids is 1. The molecule has 2 rings (SSSR count). The third-order valence-electron chi connectivity index (χ3n) is 4.04. The number of nitrogens with one attached hydrogen (secondary N) is 1. The molecule has 1 amide bonds. The van der Waals surface area contributed by atoms with E-state index in [1.165, 1.54) is 32.1 Å². The number of cyclic esters (lactones) is 1. The van der Waals surface area contributed by atoms with Gasteiger partial charge in [0.25, 0.3) is 0 Å². The molecule has 1 heterocycles. The van der Waals surface area contributed by atoms with E-state index in [-0.39, 0.29) is 12.2 Å². The molecule has 2 fully saturated rings. The predicted octanol–water partition coefficient (Wildman–Crippen LogP) is 2.53. The van der Waals surface area contributed by atoms with Gasteiger partial charge >= 0.3 is 6.09 Å². The van der Waals surface area contributed by atoms with Gasteiger partial charge in [0.05, 0.1) is 6.54 Å². The Bertz CT molecular complexity index is 263. The Morgan fingerprint density at radius 3 is 2.56 bits per heavy atom. The Labute approximate surface area is 110 Å². The Kier molecular flexibility index (Phi) is 5.29. The van der Waals surface area contributed by atoms with Crippen molar-refractivity contribution in [2.75, 3.05) is 19.6 Å². The molecule has 18 heavy (non-hydrogen) atoms. The van der Waals surface area contributed by atoms with Gasteiger partial charge in [-0.1, -0.05) is 39.0 Å². The first-order valence-electron chi connectivity index (χ1n) is 7.49. The second-order valence-corrected chi connectivity index (χ2v) is 5.46.